The summed E-state index contributed by atoms with van der Waals surface area (Å²) in [6.45, 7) is 7.79. The molecule has 3 aromatic rings. The molecule has 2 fully saturated rings. The highest BCUT2D eigenvalue weighted by Crippen LogP contribution is 2.38. The summed E-state index contributed by atoms with van der Waals surface area (Å²) < 4.78 is 23.7. The molecule has 1 N–H and O–H groups in total. The zero-order chi connectivity index (χ0) is 26.3. The maximum absolute atomic E-state index is 6.53. The van der Waals surface area contributed by atoms with Crippen LogP contribution >= 0.6 is 11.6 Å². The molecule has 9 heteroatoms. The Morgan fingerprint density at radius 1 is 1.05 bits per heavy atom. The number of likely N-dealkylation sites (tertiary alicyclic amines) is 1. The van der Waals surface area contributed by atoms with Gasteiger partial charge in [-0.2, -0.15) is 0 Å². The maximum Gasteiger partial charge on any atom is 0.145 e. The van der Waals surface area contributed by atoms with E-state index in [0.717, 1.165) is 48.4 Å². The molecule has 8 nitrogen and oxygen atoms in total. The van der Waals surface area contributed by atoms with Gasteiger partial charge in [0.2, 0.25) is 0 Å². The molecule has 5 rings (SSSR count). The zero-order valence-corrected chi connectivity index (χ0v) is 23.0. The number of halogens is 1. The van der Waals surface area contributed by atoms with Gasteiger partial charge in [-0.05, 0) is 50.4 Å². The van der Waals surface area contributed by atoms with Gasteiger partial charge in [-0.3, -0.25) is 0 Å². The summed E-state index contributed by atoms with van der Waals surface area (Å²) in [7, 11) is 1.63. The number of nitrogens with one attached hydrogen (secondary N) is 1. The topological polar surface area (TPSA) is 78.0 Å². The number of methoxy groups -OCH3 is 1. The van der Waals surface area contributed by atoms with Gasteiger partial charge in [-0.25, -0.2) is 9.97 Å². The van der Waals surface area contributed by atoms with Gasteiger partial charge in [0.05, 0.1) is 48.5 Å². The van der Waals surface area contributed by atoms with Gasteiger partial charge in [0.1, 0.15) is 35.5 Å². The molecule has 204 valence electrons. The normalized spacial score (nSPS) is 17.4. The molecule has 0 aliphatic carbocycles. The summed E-state index contributed by atoms with van der Waals surface area (Å²) >= 11 is 6.48. The lowest BCUT2D eigenvalue weighted by Crippen LogP contribution is -2.34. The van der Waals surface area contributed by atoms with E-state index < -0.39 is 0 Å². The van der Waals surface area contributed by atoms with Crippen LogP contribution in [-0.4, -0.2) is 67.5 Å². The lowest BCUT2D eigenvalue weighted by Gasteiger charge is -2.30. The Hall–Kier alpha value is -2.81. The average Bonchev–Trinajstić information content (AvgIpc) is 2.94. The van der Waals surface area contributed by atoms with E-state index in [2.05, 4.69) is 27.1 Å². The Morgan fingerprint density at radius 3 is 2.66 bits per heavy atom. The fourth-order valence-corrected chi connectivity index (χ4v) is 5.16. The van der Waals surface area contributed by atoms with E-state index in [9.17, 15) is 0 Å². The highest BCUT2D eigenvalue weighted by Gasteiger charge is 2.21. The largest absolute Gasteiger partial charge is 0.497 e. The van der Waals surface area contributed by atoms with Gasteiger partial charge >= 0.3 is 0 Å². The second kappa shape index (κ2) is 12.8. The summed E-state index contributed by atoms with van der Waals surface area (Å²) in [6, 6.07) is 9.37. The first-order valence-corrected chi connectivity index (χ1v) is 14.0. The van der Waals surface area contributed by atoms with Gasteiger partial charge < -0.3 is 29.2 Å². The Balaban J connectivity index is 1.37. The second-order valence-electron chi connectivity index (χ2n) is 10.2. The molecule has 0 unspecified atom stereocenters. The van der Waals surface area contributed by atoms with E-state index in [1.807, 2.05) is 24.3 Å². The third-order valence-corrected chi connectivity index (χ3v) is 7.66. The number of aromatic nitrogens is 2. The van der Waals surface area contributed by atoms with Crippen molar-refractivity contribution < 1.29 is 18.9 Å². The van der Waals surface area contributed by atoms with Gasteiger partial charge in [-0.1, -0.05) is 18.5 Å². The highest BCUT2D eigenvalue weighted by atomic mass is 35.5. The number of rotatable bonds is 10. The Labute approximate surface area is 229 Å². The van der Waals surface area contributed by atoms with Crippen LogP contribution in [0.1, 0.15) is 39.0 Å². The molecule has 0 radical (unpaired) electrons. The van der Waals surface area contributed by atoms with E-state index >= 15 is 0 Å². The summed E-state index contributed by atoms with van der Waals surface area (Å²) in [4.78, 5) is 11.6. The first kappa shape index (κ1) is 26.8. The lowest BCUT2D eigenvalue weighted by molar-refractivity contribution is 0.0261. The van der Waals surface area contributed by atoms with Crippen molar-refractivity contribution in [3.8, 4) is 17.2 Å². The van der Waals surface area contributed by atoms with Crippen LogP contribution in [0.3, 0.4) is 0 Å². The minimum Gasteiger partial charge on any atom is -0.497 e. The van der Waals surface area contributed by atoms with Gasteiger partial charge in [0.15, 0.2) is 0 Å². The van der Waals surface area contributed by atoms with Crippen molar-refractivity contribution >= 4 is 34.0 Å². The SMILES string of the molecule is COc1ccc(Cl)c(Nc2ncnc3cc(OCCCN4CCC(C)CC4)cc(OC4CCOCC4)c23)c1. The summed E-state index contributed by atoms with van der Waals surface area (Å²) in [5.74, 6) is 3.59. The molecule has 2 aromatic carbocycles. The van der Waals surface area contributed by atoms with Crippen molar-refractivity contribution in [2.45, 2.75) is 45.1 Å². The number of hydrogen-bond donors (Lipinski definition) is 1. The first-order valence-electron chi connectivity index (χ1n) is 13.6. The number of hydrogen-bond acceptors (Lipinski definition) is 8. The molecular weight excluding hydrogens is 504 g/mol. The van der Waals surface area contributed by atoms with E-state index in [1.165, 1.54) is 32.3 Å². The van der Waals surface area contributed by atoms with Gasteiger partial charge in [0.25, 0.3) is 0 Å². The minimum absolute atomic E-state index is 0.0529. The molecule has 1 aromatic heterocycles. The number of anilines is 2. The Kier molecular flexibility index (Phi) is 9.04. The second-order valence-corrected chi connectivity index (χ2v) is 10.6. The standard InChI is InChI=1S/C29H37ClN4O4/c1-20-6-11-34(12-7-20)10-3-13-37-23-17-26-28(27(18-23)38-21-8-14-36-15-9-21)29(32-19-31-26)33-25-16-22(35-2)4-5-24(25)30/h4-5,16-21H,3,6-15H2,1-2H3,(H,31,32,33). The quantitative estimate of drug-likeness (QED) is 0.309. The van der Waals surface area contributed by atoms with Crippen LogP contribution in [0, 0.1) is 5.92 Å². The molecule has 0 saturated carbocycles. The number of nitrogens with zero attached hydrogens (tertiary/aromatic N) is 3. The fourth-order valence-electron chi connectivity index (χ4n) is 4.99. The van der Waals surface area contributed by atoms with E-state index in [4.69, 9.17) is 30.5 Å². The van der Waals surface area contributed by atoms with Crippen molar-refractivity contribution in [3.63, 3.8) is 0 Å². The van der Waals surface area contributed by atoms with Crippen molar-refractivity contribution in [2.24, 2.45) is 5.92 Å². The van der Waals surface area contributed by atoms with E-state index in [1.54, 1.807) is 13.2 Å². The van der Waals surface area contributed by atoms with Crippen LogP contribution < -0.4 is 19.5 Å². The smallest absolute Gasteiger partial charge is 0.145 e. The van der Waals surface area contributed by atoms with Crippen LogP contribution in [-0.2, 0) is 4.74 Å². The molecular formula is C29H37ClN4O4. The highest BCUT2D eigenvalue weighted by molar-refractivity contribution is 6.33. The molecule has 38 heavy (non-hydrogen) atoms. The molecule has 0 amide bonds. The third-order valence-electron chi connectivity index (χ3n) is 7.33. The molecule has 0 spiro atoms. The summed E-state index contributed by atoms with van der Waals surface area (Å²) in [5.41, 5.74) is 1.43. The predicted molar refractivity (Wildman–Crippen MR) is 150 cm³/mol. The molecule has 2 aliphatic rings. The average molecular weight is 541 g/mol. The maximum atomic E-state index is 6.53. The molecule has 3 heterocycles. The zero-order valence-electron chi connectivity index (χ0n) is 22.2. The van der Waals surface area contributed by atoms with Crippen LogP contribution in [0.25, 0.3) is 10.9 Å². The van der Waals surface area contributed by atoms with Crippen molar-refractivity contribution in [1.29, 1.82) is 0 Å². The van der Waals surface area contributed by atoms with E-state index in [-0.39, 0.29) is 6.10 Å². The fraction of sp³-hybridized carbons (Fsp3) is 0.517. The van der Waals surface area contributed by atoms with Crippen molar-refractivity contribution in [3.05, 3.63) is 41.7 Å². The van der Waals surface area contributed by atoms with Crippen LogP contribution in [0.4, 0.5) is 11.5 Å². The number of benzene rings is 2. The minimum atomic E-state index is 0.0529. The molecule has 2 aliphatic heterocycles. The Morgan fingerprint density at radius 2 is 1.87 bits per heavy atom. The monoisotopic (exact) mass is 540 g/mol. The summed E-state index contributed by atoms with van der Waals surface area (Å²) in [5, 5.41) is 4.71. The third kappa shape index (κ3) is 6.79. The van der Waals surface area contributed by atoms with Gasteiger partial charge in [0, 0.05) is 37.6 Å². The predicted octanol–water partition coefficient (Wildman–Crippen LogP) is 6.09. The molecule has 0 bridgehead atoms. The molecule has 2 saturated heterocycles. The Bertz CT molecular complexity index is 1210. The first-order chi connectivity index (χ1) is 18.6. The molecule has 0 atom stereocenters. The van der Waals surface area contributed by atoms with Crippen molar-refractivity contribution in [1.82, 2.24) is 14.9 Å². The van der Waals surface area contributed by atoms with Gasteiger partial charge in [-0.15, -0.1) is 0 Å². The van der Waals surface area contributed by atoms with Crippen LogP contribution in [0.2, 0.25) is 5.02 Å². The van der Waals surface area contributed by atoms with Crippen LogP contribution in [0.5, 0.6) is 17.2 Å². The summed E-state index contributed by atoms with van der Waals surface area (Å²) in [6.07, 6.45) is 6.81. The number of ether oxygens (including phenoxy) is 4. The van der Waals surface area contributed by atoms with E-state index in [0.29, 0.717) is 47.8 Å². The lowest BCUT2D eigenvalue weighted by atomic mass is 9.99. The van der Waals surface area contributed by atoms with Crippen molar-refractivity contribution in [2.75, 3.05) is 51.9 Å². The number of piperidine rings is 1. The number of fused-ring (bicyclic) bond motifs is 1. The van der Waals surface area contributed by atoms with Crippen LogP contribution in [0.15, 0.2) is 36.7 Å².